The second kappa shape index (κ2) is 8.64. The second-order valence-corrected chi connectivity index (χ2v) is 8.61. The van der Waals surface area contributed by atoms with Crippen molar-refractivity contribution in [2.75, 3.05) is 0 Å². The van der Waals surface area contributed by atoms with Gasteiger partial charge < -0.3 is 0 Å². The molecule has 4 aromatic rings. The Bertz CT molecular complexity index is 1230. The average Bonchev–Trinajstić information content (AvgIpc) is 3.05. The van der Waals surface area contributed by atoms with E-state index in [-0.39, 0.29) is 11.5 Å². The van der Waals surface area contributed by atoms with E-state index in [1.807, 2.05) is 50.2 Å². The highest BCUT2D eigenvalue weighted by molar-refractivity contribution is 7.18. The van der Waals surface area contributed by atoms with E-state index in [0.717, 1.165) is 32.2 Å². The topological polar surface area (TPSA) is 58.7 Å². The standard InChI is InChI=1S/C25H23N3OS/c1-17-18(2)30-24-21(17)25(29)28(16-10-9-15-26)23(27-24)22(19-11-5-3-6-12-19)20-13-7-4-8-14-20/h3-8,11-14,22H,9-10,16H2,1-2H3. The summed E-state index contributed by atoms with van der Waals surface area (Å²) in [7, 11) is 0. The van der Waals surface area contributed by atoms with Gasteiger partial charge in [0.1, 0.15) is 10.7 Å². The Morgan fingerprint density at radius 3 is 2.20 bits per heavy atom. The first-order valence-corrected chi connectivity index (χ1v) is 10.9. The summed E-state index contributed by atoms with van der Waals surface area (Å²) in [6.45, 7) is 4.50. The molecular weight excluding hydrogens is 390 g/mol. The molecule has 4 rings (SSSR count). The number of rotatable bonds is 6. The van der Waals surface area contributed by atoms with Gasteiger partial charge in [-0.15, -0.1) is 11.3 Å². The Hall–Kier alpha value is -3.23. The van der Waals surface area contributed by atoms with Crippen LogP contribution < -0.4 is 5.56 Å². The zero-order valence-corrected chi connectivity index (χ0v) is 17.9. The van der Waals surface area contributed by atoms with E-state index < -0.39 is 0 Å². The number of nitriles is 1. The van der Waals surface area contributed by atoms with Crippen molar-refractivity contribution in [2.24, 2.45) is 0 Å². The molecule has 0 bridgehead atoms. The molecule has 0 saturated heterocycles. The van der Waals surface area contributed by atoms with Gasteiger partial charge in [0, 0.05) is 17.8 Å². The number of benzene rings is 2. The fourth-order valence-corrected chi connectivity index (χ4v) is 4.90. The summed E-state index contributed by atoms with van der Waals surface area (Å²) in [5.74, 6) is 0.582. The van der Waals surface area contributed by atoms with E-state index in [1.54, 1.807) is 15.9 Å². The predicted octanol–water partition coefficient (Wildman–Crippen LogP) is 5.56. The average molecular weight is 414 g/mol. The van der Waals surface area contributed by atoms with Gasteiger partial charge in [0.05, 0.1) is 17.4 Å². The van der Waals surface area contributed by atoms with Crippen LogP contribution in [0.3, 0.4) is 0 Å². The number of aromatic nitrogens is 2. The van der Waals surface area contributed by atoms with Gasteiger partial charge in [0.25, 0.3) is 5.56 Å². The van der Waals surface area contributed by atoms with Crippen LogP contribution in [0, 0.1) is 25.2 Å². The molecule has 2 aromatic carbocycles. The number of unbranched alkanes of at least 4 members (excludes halogenated alkanes) is 1. The number of nitrogens with zero attached hydrogens (tertiary/aromatic N) is 3. The Morgan fingerprint density at radius 1 is 1.03 bits per heavy atom. The van der Waals surface area contributed by atoms with Gasteiger partial charge in [-0.25, -0.2) is 4.98 Å². The van der Waals surface area contributed by atoms with Crippen LogP contribution in [0.2, 0.25) is 0 Å². The van der Waals surface area contributed by atoms with Crippen LogP contribution in [0.4, 0.5) is 0 Å². The Labute approximate surface area is 180 Å². The van der Waals surface area contributed by atoms with Crippen molar-refractivity contribution >= 4 is 21.6 Å². The normalized spacial score (nSPS) is 11.1. The monoisotopic (exact) mass is 413 g/mol. The van der Waals surface area contributed by atoms with Gasteiger partial charge in [-0.05, 0) is 37.0 Å². The first-order valence-electron chi connectivity index (χ1n) is 10.1. The fourth-order valence-electron chi connectivity index (χ4n) is 3.88. The Kier molecular flexibility index (Phi) is 5.78. The van der Waals surface area contributed by atoms with Gasteiger partial charge in [0.2, 0.25) is 0 Å². The molecule has 5 heteroatoms. The van der Waals surface area contributed by atoms with Gasteiger partial charge >= 0.3 is 0 Å². The van der Waals surface area contributed by atoms with Crippen molar-refractivity contribution in [3.63, 3.8) is 0 Å². The van der Waals surface area contributed by atoms with Crippen molar-refractivity contribution in [3.05, 3.63) is 98.4 Å². The second-order valence-electron chi connectivity index (χ2n) is 7.41. The van der Waals surface area contributed by atoms with Gasteiger partial charge in [-0.2, -0.15) is 5.26 Å². The van der Waals surface area contributed by atoms with Crippen molar-refractivity contribution in [1.29, 1.82) is 5.26 Å². The van der Waals surface area contributed by atoms with Crippen LogP contribution in [0.1, 0.15) is 46.2 Å². The van der Waals surface area contributed by atoms with Gasteiger partial charge in [-0.1, -0.05) is 60.7 Å². The first-order chi connectivity index (χ1) is 14.6. The van der Waals surface area contributed by atoms with Gasteiger partial charge in [0.15, 0.2) is 0 Å². The summed E-state index contributed by atoms with van der Waals surface area (Å²) >= 11 is 1.58. The molecule has 4 nitrogen and oxygen atoms in total. The molecule has 0 aliphatic heterocycles. The largest absolute Gasteiger partial charge is 0.295 e. The minimum Gasteiger partial charge on any atom is -0.295 e. The van der Waals surface area contributed by atoms with E-state index >= 15 is 0 Å². The molecule has 0 N–H and O–H groups in total. The molecule has 0 atom stereocenters. The SMILES string of the molecule is Cc1sc2nc(C(c3ccccc3)c3ccccc3)n(CCCC#N)c(=O)c2c1C. The molecule has 0 spiro atoms. The number of thiophene rings is 1. The van der Waals surface area contributed by atoms with Crippen LogP contribution in [0.15, 0.2) is 65.5 Å². The quantitative estimate of drug-likeness (QED) is 0.389. The summed E-state index contributed by atoms with van der Waals surface area (Å²) in [6, 6.07) is 22.6. The van der Waals surface area contributed by atoms with E-state index in [9.17, 15) is 4.79 Å². The van der Waals surface area contributed by atoms with E-state index in [4.69, 9.17) is 10.2 Å². The summed E-state index contributed by atoms with van der Waals surface area (Å²) in [6.07, 6.45) is 1.03. The molecule has 0 aliphatic rings. The number of hydrogen-bond acceptors (Lipinski definition) is 4. The molecule has 0 amide bonds. The third-order valence-electron chi connectivity index (χ3n) is 5.51. The number of fused-ring (bicyclic) bond motifs is 1. The molecule has 150 valence electrons. The minimum absolute atomic E-state index is 0.00773. The molecule has 0 fully saturated rings. The summed E-state index contributed by atoms with van der Waals surface area (Å²) < 4.78 is 1.80. The smallest absolute Gasteiger partial charge is 0.262 e. The Balaban J connectivity index is 2.01. The predicted molar refractivity (Wildman–Crippen MR) is 122 cm³/mol. The minimum atomic E-state index is -0.158. The van der Waals surface area contributed by atoms with E-state index in [0.29, 0.717) is 24.8 Å². The first kappa shape index (κ1) is 20.1. The third-order valence-corrected chi connectivity index (χ3v) is 6.61. The molecule has 0 aliphatic carbocycles. The van der Waals surface area contributed by atoms with Crippen molar-refractivity contribution in [1.82, 2.24) is 9.55 Å². The lowest BCUT2D eigenvalue weighted by Crippen LogP contribution is -2.28. The maximum absolute atomic E-state index is 13.6. The Morgan fingerprint density at radius 2 is 1.63 bits per heavy atom. The zero-order chi connectivity index (χ0) is 21.1. The number of hydrogen-bond donors (Lipinski definition) is 0. The lowest BCUT2D eigenvalue weighted by atomic mass is 9.90. The van der Waals surface area contributed by atoms with Crippen molar-refractivity contribution in [3.8, 4) is 6.07 Å². The zero-order valence-electron chi connectivity index (χ0n) is 17.1. The van der Waals surface area contributed by atoms with Crippen LogP contribution >= 0.6 is 11.3 Å². The lowest BCUT2D eigenvalue weighted by molar-refractivity contribution is 0.583. The molecular formula is C25H23N3OS. The number of aryl methyl sites for hydroxylation is 2. The maximum Gasteiger partial charge on any atom is 0.262 e. The van der Waals surface area contributed by atoms with Crippen LogP contribution in [0.5, 0.6) is 0 Å². The lowest BCUT2D eigenvalue weighted by Gasteiger charge is -2.22. The van der Waals surface area contributed by atoms with Crippen LogP contribution in [-0.2, 0) is 6.54 Å². The van der Waals surface area contributed by atoms with Crippen LogP contribution in [-0.4, -0.2) is 9.55 Å². The molecule has 0 radical (unpaired) electrons. The highest BCUT2D eigenvalue weighted by Gasteiger charge is 2.25. The van der Waals surface area contributed by atoms with E-state index in [1.165, 1.54) is 0 Å². The van der Waals surface area contributed by atoms with Gasteiger partial charge in [-0.3, -0.25) is 9.36 Å². The van der Waals surface area contributed by atoms with Crippen molar-refractivity contribution in [2.45, 2.75) is 39.2 Å². The third kappa shape index (κ3) is 3.67. The fraction of sp³-hybridized carbons (Fsp3) is 0.240. The molecule has 2 aromatic heterocycles. The summed E-state index contributed by atoms with van der Waals surface area (Å²) in [5, 5.41) is 9.72. The molecule has 2 heterocycles. The highest BCUT2D eigenvalue weighted by Crippen LogP contribution is 2.33. The molecule has 0 unspecified atom stereocenters. The maximum atomic E-state index is 13.6. The molecule has 0 saturated carbocycles. The van der Waals surface area contributed by atoms with Crippen molar-refractivity contribution < 1.29 is 0 Å². The van der Waals surface area contributed by atoms with E-state index in [2.05, 4.69) is 30.3 Å². The van der Waals surface area contributed by atoms with Crippen LogP contribution in [0.25, 0.3) is 10.2 Å². The molecule has 30 heavy (non-hydrogen) atoms. The summed E-state index contributed by atoms with van der Waals surface area (Å²) in [5.41, 5.74) is 3.18. The highest BCUT2D eigenvalue weighted by atomic mass is 32.1. The summed E-state index contributed by atoms with van der Waals surface area (Å²) in [4.78, 5) is 20.5.